The Balaban J connectivity index is 1.60. The van der Waals surface area contributed by atoms with Crippen molar-refractivity contribution in [1.29, 1.82) is 0 Å². The summed E-state index contributed by atoms with van der Waals surface area (Å²) in [7, 11) is 1.52. The fourth-order valence-corrected chi connectivity index (χ4v) is 4.04. The van der Waals surface area contributed by atoms with Crippen molar-refractivity contribution in [3.8, 4) is 5.75 Å². The van der Waals surface area contributed by atoms with E-state index in [0.717, 1.165) is 5.56 Å². The van der Waals surface area contributed by atoms with E-state index < -0.39 is 0 Å². The molecule has 0 aliphatic carbocycles. The van der Waals surface area contributed by atoms with Gasteiger partial charge in [-0.3, -0.25) is 9.59 Å². The average molecular weight is 474 g/mol. The molecule has 3 rings (SSSR count). The molecule has 3 aromatic rings. The highest BCUT2D eigenvalue weighted by Crippen LogP contribution is 2.28. The highest BCUT2D eigenvalue weighted by molar-refractivity contribution is 7.99. The summed E-state index contributed by atoms with van der Waals surface area (Å²) < 4.78 is 7.12. The Morgan fingerprint density at radius 1 is 1.19 bits per heavy atom. The van der Waals surface area contributed by atoms with E-state index >= 15 is 0 Å². The topological polar surface area (TPSA) is 98.1 Å². The summed E-state index contributed by atoms with van der Waals surface area (Å²) in [5.41, 5.74) is 2.03. The normalized spacial score (nSPS) is 10.6. The van der Waals surface area contributed by atoms with E-state index in [2.05, 4.69) is 20.8 Å². The molecule has 0 bridgehead atoms. The van der Waals surface area contributed by atoms with Crippen LogP contribution in [0.25, 0.3) is 0 Å². The first-order chi connectivity index (χ1) is 15.4. The van der Waals surface area contributed by atoms with Crippen LogP contribution in [0.4, 0.5) is 5.69 Å². The third kappa shape index (κ3) is 5.80. The lowest BCUT2D eigenvalue weighted by Gasteiger charge is -2.11. The van der Waals surface area contributed by atoms with Gasteiger partial charge >= 0.3 is 0 Å². The Labute approximate surface area is 195 Å². The van der Waals surface area contributed by atoms with Crippen LogP contribution in [0.15, 0.2) is 47.6 Å². The molecule has 0 fully saturated rings. The zero-order chi connectivity index (χ0) is 23.1. The molecule has 0 spiro atoms. The van der Waals surface area contributed by atoms with Crippen molar-refractivity contribution >= 4 is 40.9 Å². The van der Waals surface area contributed by atoms with Gasteiger partial charge in [0.15, 0.2) is 11.0 Å². The van der Waals surface area contributed by atoms with Gasteiger partial charge in [-0.05, 0) is 43.7 Å². The second-order valence-electron chi connectivity index (χ2n) is 6.82. The number of hydrogen-bond donors (Lipinski definition) is 2. The highest BCUT2D eigenvalue weighted by Gasteiger charge is 2.16. The molecular weight excluding hydrogens is 450 g/mol. The maximum absolute atomic E-state index is 12.5. The molecule has 0 saturated heterocycles. The van der Waals surface area contributed by atoms with E-state index in [4.69, 9.17) is 16.3 Å². The smallest absolute Gasteiger partial charge is 0.251 e. The number of thioether (sulfide) groups is 1. The monoisotopic (exact) mass is 473 g/mol. The van der Waals surface area contributed by atoms with Crippen LogP contribution in [-0.2, 0) is 17.9 Å². The summed E-state index contributed by atoms with van der Waals surface area (Å²) in [5.74, 6) is 0.877. The van der Waals surface area contributed by atoms with Gasteiger partial charge in [0.25, 0.3) is 5.91 Å². The minimum absolute atomic E-state index is 0.128. The van der Waals surface area contributed by atoms with Crippen molar-refractivity contribution in [3.63, 3.8) is 0 Å². The van der Waals surface area contributed by atoms with Crippen LogP contribution in [0.1, 0.15) is 28.7 Å². The summed E-state index contributed by atoms with van der Waals surface area (Å²) in [5, 5.41) is 15.1. The van der Waals surface area contributed by atoms with Gasteiger partial charge in [-0.15, -0.1) is 10.2 Å². The van der Waals surface area contributed by atoms with E-state index in [1.54, 1.807) is 24.3 Å². The van der Waals surface area contributed by atoms with Crippen molar-refractivity contribution in [3.05, 3.63) is 64.4 Å². The van der Waals surface area contributed by atoms with E-state index in [-0.39, 0.29) is 24.1 Å². The van der Waals surface area contributed by atoms with E-state index in [1.807, 2.05) is 36.6 Å². The van der Waals surface area contributed by atoms with Crippen LogP contribution < -0.4 is 15.4 Å². The molecule has 10 heteroatoms. The van der Waals surface area contributed by atoms with Gasteiger partial charge in [-0.25, -0.2) is 0 Å². The number of aryl methyl sites for hydroxylation is 1. The van der Waals surface area contributed by atoms with Crippen molar-refractivity contribution in [2.24, 2.45) is 0 Å². The van der Waals surface area contributed by atoms with Crippen LogP contribution >= 0.6 is 23.4 Å². The summed E-state index contributed by atoms with van der Waals surface area (Å²) in [6.45, 7) is 4.69. The molecule has 168 valence electrons. The number of amides is 2. The Kier molecular flexibility index (Phi) is 8.13. The predicted molar refractivity (Wildman–Crippen MR) is 125 cm³/mol. The van der Waals surface area contributed by atoms with Gasteiger partial charge < -0.3 is 19.9 Å². The average Bonchev–Trinajstić information content (AvgIpc) is 3.18. The third-order valence-electron chi connectivity index (χ3n) is 4.67. The van der Waals surface area contributed by atoms with Crippen LogP contribution in [-0.4, -0.2) is 39.4 Å². The molecule has 2 N–H and O–H groups in total. The Morgan fingerprint density at radius 2 is 1.97 bits per heavy atom. The molecule has 8 nitrogen and oxygen atoms in total. The molecule has 0 saturated carbocycles. The number of nitrogens with one attached hydrogen (secondary N) is 2. The van der Waals surface area contributed by atoms with Crippen LogP contribution in [0.5, 0.6) is 5.75 Å². The second kappa shape index (κ2) is 11.0. The summed E-state index contributed by atoms with van der Waals surface area (Å²) >= 11 is 7.27. The second-order valence-corrected chi connectivity index (χ2v) is 8.20. The first kappa shape index (κ1) is 23.6. The van der Waals surface area contributed by atoms with Gasteiger partial charge in [-0.2, -0.15) is 0 Å². The van der Waals surface area contributed by atoms with E-state index in [9.17, 15) is 9.59 Å². The van der Waals surface area contributed by atoms with Crippen molar-refractivity contribution in [2.75, 3.05) is 18.2 Å². The largest absolute Gasteiger partial charge is 0.495 e. The number of rotatable bonds is 9. The lowest BCUT2D eigenvalue weighted by molar-refractivity contribution is -0.113. The van der Waals surface area contributed by atoms with Crippen molar-refractivity contribution in [1.82, 2.24) is 20.1 Å². The molecule has 0 radical (unpaired) electrons. The van der Waals surface area contributed by atoms with Crippen molar-refractivity contribution < 1.29 is 14.3 Å². The van der Waals surface area contributed by atoms with Gasteiger partial charge in [0.05, 0.1) is 25.1 Å². The summed E-state index contributed by atoms with van der Waals surface area (Å²) in [6, 6.07) is 12.4. The maximum Gasteiger partial charge on any atom is 0.251 e. The first-order valence-corrected chi connectivity index (χ1v) is 11.3. The van der Waals surface area contributed by atoms with Crippen molar-refractivity contribution in [2.45, 2.75) is 32.1 Å². The SMILES string of the molecule is CCn1c(CNC(=O)c2ccccc2C)nnc1SCC(=O)Nc1cc(Cl)ccc1OC. The number of nitrogens with zero attached hydrogens (tertiary/aromatic N) is 3. The number of methoxy groups -OCH3 is 1. The molecule has 0 aliphatic heterocycles. The first-order valence-electron chi connectivity index (χ1n) is 9.95. The molecule has 2 aromatic carbocycles. The minimum atomic E-state index is -0.226. The molecule has 1 aromatic heterocycles. The number of carbonyl (C=O) groups excluding carboxylic acids is 2. The molecule has 2 amide bonds. The lowest BCUT2D eigenvalue weighted by atomic mass is 10.1. The standard InChI is InChI=1S/C22H24ClN5O3S/c1-4-28-19(12-24-21(30)16-8-6-5-7-14(16)2)26-27-22(28)32-13-20(29)25-17-11-15(23)9-10-18(17)31-3/h5-11H,4,12-13H2,1-3H3,(H,24,30)(H,25,29). The summed E-state index contributed by atoms with van der Waals surface area (Å²) in [6.07, 6.45) is 0. The zero-order valence-corrected chi connectivity index (χ0v) is 19.6. The van der Waals surface area contributed by atoms with Gasteiger partial charge in [0.1, 0.15) is 5.75 Å². The molecule has 0 unspecified atom stereocenters. The third-order valence-corrected chi connectivity index (χ3v) is 5.88. The van der Waals surface area contributed by atoms with Gasteiger partial charge in [0, 0.05) is 17.1 Å². The minimum Gasteiger partial charge on any atom is -0.495 e. The zero-order valence-electron chi connectivity index (χ0n) is 18.0. The fraction of sp³-hybridized carbons (Fsp3) is 0.273. The molecular formula is C22H24ClN5O3S. The fourth-order valence-electron chi connectivity index (χ4n) is 3.05. The number of halogens is 1. The molecule has 0 aliphatic rings. The number of ether oxygens (including phenoxy) is 1. The van der Waals surface area contributed by atoms with Crippen LogP contribution in [0.2, 0.25) is 5.02 Å². The molecule has 0 atom stereocenters. The van der Waals surface area contributed by atoms with Crippen LogP contribution in [0.3, 0.4) is 0 Å². The van der Waals surface area contributed by atoms with Gasteiger partial charge in [0.2, 0.25) is 5.91 Å². The van der Waals surface area contributed by atoms with E-state index in [0.29, 0.717) is 39.5 Å². The quantitative estimate of drug-likeness (QED) is 0.457. The number of aromatic nitrogens is 3. The Morgan fingerprint density at radius 3 is 2.69 bits per heavy atom. The Bertz CT molecular complexity index is 1120. The maximum atomic E-state index is 12.5. The van der Waals surface area contributed by atoms with E-state index in [1.165, 1.54) is 18.9 Å². The predicted octanol–water partition coefficient (Wildman–Crippen LogP) is 3.93. The number of anilines is 1. The lowest BCUT2D eigenvalue weighted by Crippen LogP contribution is -2.25. The number of hydrogen-bond acceptors (Lipinski definition) is 6. The number of carbonyl (C=O) groups is 2. The van der Waals surface area contributed by atoms with Gasteiger partial charge in [-0.1, -0.05) is 41.6 Å². The Hall–Kier alpha value is -3.04. The summed E-state index contributed by atoms with van der Waals surface area (Å²) in [4.78, 5) is 24.9. The highest BCUT2D eigenvalue weighted by atomic mass is 35.5. The molecule has 32 heavy (non-hydrogen) atoms. The number of benzene rings is 2. The molecule has 1 heterocycles. The van der Waals surface area contributed by atoms with Crippen LogP contribution in [0, 0.1) is 6.92 Å².